The molecule has 0 aliphatic heterocycles. The number of amides is 1. The lowest BCUT2D eigenvalue weighted by atomic mass is 10.1. The van der Waals surface area contributed by atoms with Crippen molar-refractivity contribution in [3.8, 4) is 11.8 Å². The summed E-state index contributed by atoms with van der Waals surface area (Å²) in [5, 5.41) is 12.6. The van der Waals surface area contributed by atoms with Crippen LogP contribution in [0.1, 0.15) is 22.4 Å². The summed E-state index contributed by atoms with van der Waals surface area (Å²) in [6.07, 6.45) is 2.94. The van der Waals surface area contributed by atoms with Gasteiger partial charge >= 0.3 is 0 Å². The Hall–Kier alpha value is -2.39. The molecule has 6 heteroatoms. The smallest absolute Gasteiger partial charge is 0.262 e. The van der Waals surface area contributed by atoms with Crippen LogP contribution in [-0.4, -0.2) is 12.5 Å². The number of nitriles is 1. The van der Waals surface area contributed by atoms with Crippen molar-refractivity contribution in [1.29, 1.82) is 5.26 Å². The quantitative estimate of drug-likeness (QED) is 0.941. The van der Waals surface area contributed by atoms with Crippen LogP contribution in [0.4, 0.5) is 9.39 Å². The molecule has 1 aliphatic carbocycles. The highest BCUT2D eigenvalue weighted by molar-refractivity contribution is 7.16. The van der Waals surface area contributed by atoms with E-state index in [0.717, 1.165) is 24.8 Å². The van der Waals surface area contributed by atoms with E-state index in [1.54, 1.807) is 0 Å². The topological polar surface area (TPSA) is 62.1 Å². The molecule has 1 heterocycles. The average molecular weight is 316 g/mol. The van der Waals surface area contributed by atoms with E-state index in [9.17, 15) is 14.4 Å². The highest BCUT2D eigenvalue weighted by Gasteiger charge is 2.23. The van der Waals surface area contributed by atoms with Crippen molar-refractivity contribution in [2.45, 2.75) is 19.3 Å². The van der Waals surface area contributed by atoms with Crippen molar-refractivity contribution in [3.05, 3.63) is 46.1 Å². The van der Waals surface area contributed by atoms with Gasteiger partial charge in [0.05, 0.1) is 5.56 Å². The number of carbonyl (C=O) groups is 1. The third kappa shape index (κ3) is 2.95. The van der Waals surface area contributed by atoms with Gasteiger partial charge in [-0.3, -0.25) is 4.79 Å². The number of aryl methyl sites for hydroxylation is 1. The van der Waals surface area contributed by atoms with Crippen molar-refractivity contribution >= 4 is 22.2 Å². The van der Waals surface area contributed by atoms with Crippen LogP contribution in [0, 0.1) is 17.1 Å². The van der Waals surface area contributed by atoms with Gasteiger partial charge in [0.15, 0.2) is 6.61 Å². The molecule has 1 amide bonds. The molecule has 112 valence electrons. The number of nitrogens with one attached hydrogen (secondary N) is 1. The Balaban J connectivity index is 1.63. The van der Waals surface area contributed by atoms with E-state index in [1.165, 1.54) is 40.5 Å². The normalized spacial score (nSPS) is 12.5. The van der Waals surface area contributed by atoms with Gasteiger partial charge in [-0.25, -0.2) is 4.39 Å². The lowest BCUT2D eigenvalue weighted by Gasteiger charge is -2.06. The number of benzene rings is 1. The molecule has 0 saturated carbocycles. The summed E-state index contributed by atoms with van der Waals surface area (Å²) in [5.41, 5.74) is 1.65. The molecule has 1 aromatic heterocycles. The predicted molar refractivity (Wildman–Crippen MR) is 81.6 cm³/mol. The Morgan fingerprint density at radius 2 is 2.14 bits per heavy atom. The first-order valence-corrected chi connectivity index (χ1v) is 7.72. The molecule has 2 aromatic rings. The van der Waals surface area contributed by atoms with Gasteiger partial charge < -0.3 is 10.1 Å². The number of thiophene rings is 1. The van der Waals surface area contributed by atoms with Crippen LogP contribution in [0.2, 0.25) is 0 Å². The Kier molecular flexibility index (Phi) is 4.07. The minimum absolute atomic E-state index is 0.181. The number of anilines is 1. The van der Waals surface area contributed by atoms with E-state index in [1.807, 2.05) is 0 Å². The van der Waals surface area contributed by atoms with E-state index in [2.05, 4.69) is 11.4 Å². The number of hydrogen-bond acceptors (Lipinski definition) is 4. The fourth-order valence-electron chi connectivity index (χ4n) is 2.45. The molecule has 0 fully saturated rings. The molecule has 1 aliphatic rings. The second kappa shape index (κ2) is 6.16. The summed E-state index contributed by atoms with van der Waals surface area (Å²) < 4.78 is 18.1. The highest BCUT2D eigenvalue weighted by atomic mass is 32.1. The monoisotopic (exact) mass is 316 g/mol. The van der Waals surface area contributed by atoms with Crippen LogP contribution < -0.4 is 10.1 Å². The van der Waals surface area contributed by atoms with Gasteiger partial charge in [-0.2, -0.15) is 5.26 Å². The first-order valence-electron chi connectivity index (χ1n) is 6.90. The van der Waals surface area contributed by atoms with Crippen LogP contribution in [0.15, 0.2) is 24.3 Å². The maximum atomic E-state index is 12.8. The molecular formula is C16H13FN2O2S. The first-order chi connectivity index (χ1) is 10.7. The van der Waals surface area contributed by atoms with Crippen LogP contribution in [0.5, 0.6) is 5.75 Å². The molecule has 0 saturated heterocycles. The third-order valence-corrected chi connectivity index (χ3v) is 4.68. The number of hydrogen-bond donors (Lipinski definition) is 1. The van der Waals surface area contributed by atoms with Crippen molar-refractivity contribution < 1.29 is 13.9 Å². The number of nitrogens with zero attached hydrogens (tertiary/aromatic N) is 1. The fraction of sp³-hybridized carbons (Fsp3) is 0.250. The predicted octanol–water partition coefficient (Wildman–Crippen LogP) is 3.27. The van der Waals surface area contributed by atoms with Gasteiger partial charge in [-0.15, -0.1) is 11.3 Å². The number of rotatable bonds is 4. The summed E-state index contributed by atoms with van der Waals surface area (Å²) in [6.45, 7) is -0.181. The molecule has 1 N–H and O–H groups in total. The van der Waals surface area contributed by atoms with Crippen molar-refractivity contribution in [1.82, 2.24) is 0 Å². The standard InChI is InChI=1S/C16H13FN2O2S/c17-10-4-6-11(7-5-10)21-9-15(20)19-16-13(8-18)12-2-1-3-14(12)22-16/h4-7H,1-3,9H2,(H,19,20). The van der Waals surface area contributed by atoms with Crippen LogP contribution >= 0.6 is 11.3 Å². The average Bonchev–Trinajstić information content (AvgIpc) is 3.07. The second-order valence-electron chi connectivity index (χ2n) is 4.96. The second-order valence-corrected chi connectivity index (χ2v) is 6.07. The molecule has 3 rings (SSSR count). The summed E-state index contributed by atoms with van der Waals surface area (Å²) in [6, 6.07) is 7.63. The fourth-order valence-corrected chi connectivity index (χ4v) is 3.71. The van der Waals surface area contributed by atoms with Crippen LogP contribution in [-0.2, 0) is 17.6 Å². The molecule has 0 bridgehead atoms. The van der Waals surface area contributed by atoms with Gasteiger partial charge in [-0.05, 0) is 49.1 Å². The molecule has 0 atom stereocenters. The Morgan fingerprint density at radius 3 is 2.86 bits per heavy atom. The van der Waals surface area contributed by atoms with E-state index in [0.29, 0.717) is 16.3 Å². The zero-order valence-corrected chi connectivity index (χ0v) is 12.5. The summed E-state index contributed by atoms with van der Waals surface area (Å²) >= 11 is 1.47. The van der Waals surface area contributed by atoms with Gasteiger partial charge in [0.1, 0.15) is 22.6 Å². The Bertz CT molecular complexity index is 747. The molecular weight excluding hydrogens is 303 g/mol. The molecule has 0 radical (unpaired) electrons. The largest absolute Gasteiger partial charge is 0.484 e. The van der Waals surface area contributed by atoms with Crippen molar-refractivity contribution in [3.63, 3.8) is 0 Å². The van der Waals surface area contributed by atoms with Gasteiger partial charge in [0.25, 0.3) is 5.91 Å². The van der Waals surface area contributed by atoms with E-state index < -0.39 is 0 Å². The number of carbonyl (C=O) groups excluding carboxylic acids is 1. The lowest BCUT2D eigenvalue weighted by molar-refractivity contribution is -0.118. The maximum Gasteiger partial charge on any atom is 0.262 e. The maximum absolute atomic E-state index is 12.8. The minimum Gasteiger partial charge on any atom is -0.484 e. The molecule has 4 nitrogen and oxygen atoms in total. The summed E-state index contributed by atoms with van der Waals surface area (Å²) in [5.74, 6) is -0.268. The summed E-state index contributed by atoms with van der Waals surface area (Å²) in [4.78, 5) is 13.1. The molecule has 22 heavy (non-hydrogen) atoms. The van der Waals surface area contributed by atoms with Gasteiger partial charge in [-0.1, -0.05) is 0 Å². The van der Waals surface area contributed by atoms with Gasteiger partial charge in [0.2, 0.25) is 0 Å². The molecule has 1 aromatic carbocycles. The van der Waals surface area contributed by atoms with Gasteiger partial charge in [0, 0.05) is 4.88 Å². The SMILES string of the molecule is N#Cc1c(NC(=O)COc2ccc(F)cc2)sc2c1CCC2. The summed E-state index contributed by atoms with van der Waals surface area (Å²) in [7, 11) is 0. The number of ether oxygens (including phenoxy) is 1. The van der Waals surface area contributed by atoms with Crippen LogP contribution in [0.3, 0.4) is 0 Å². The zero-order chi connectivity index (χ0) is 15.5. The minimum atomic E-state index is -0.358. The van der Waals surface area contributed by atoms with E-state index in [4.69, 9.17) is 4.74 Å². The third-order valence-electron chi connectivity index (χ3n) is 3.47. The van der Waals surface area contributed by atoms with Crippen LogP contribution in [0.25, 0.3) is 0 Å². The Morgan fingerprint density at radius 1 is 1.36 bits per heavy atom. The van der Waals surface area contributed by atoms with Crippen molar-refractivity contribution in [2.24, 2.45) is 0 Å². The van der Waals surface area contributed by atoms with E-state index in [-0.39, 0.29) is 18.3 Å². The van der Waals surface area contributed by atoms with Crippen molar-refractivity contribution in [2.75, 3.05) is 11.9 Å². The zero-order valence-electron chi connectivity index (χ0n) is 11.7. The highest BCUT2D eigenvalue weighted by Crippen LogP contribution is 2.38. The number of halogens is 1. The Labute approximate surface area is 131 Å². The molecule has 0 spiro atoms. The van der Waals surface area contributed by atoms with E-state index >= 15 is 0 Å². The number of fused-ring (bicyclic) bond motifs is 1. The molecule has 0 unspecified atom stereocenters. The lowest BCUT2D eigenvalue weighted by Crippen LogP contribution is -2.20. The first kappa shape index (κ1) is 14.5.